The van der Waals surface area contributed by atoms with Gasteiger partial charge in [-0.2, -0.15) is 0 Å². The summed E-state index contributed by atoms with van der Waals surface area (Å²) in [5.74, 6) is -0.243. The second-order valence-corrected chi connectivity index (χ2v) is 5.32. The molecule has 16 heavy (non-hydrogen) atoms. The summed E-state index contributed by atoms with van der Waals surface area (Å²) in [6.45, 7) is 5.04. The van der Waals surface area contributed by atoms with Crippen LogP contribution in [0.3, 0.4) is 0 Å². The number of halogens is 2. The fourth-order valence-corrected chi connectivity index (χ4v) is 2.18. The van der Waals surface area contributed by atoms with E-state index in [0.717, 1.165) is 24.9 Å². The minimum absolute atomic E-state index is 0.0146. The van der Waals surface area contributed by atoms with Crippen LogP contribution < -0.4 is 5.32 Å². The van der Waals surface area contributed by atoms with Crippen molar-refractivity contribution in [1.82, 2.24) is 5.32 Å². The molecule has 0 unspecified atom stereocenters. The number of rotatable bonds is 4. The van der Waals surface area contributed by atoms with Crippen LogP contribution in [0.4, 0.5) is 4.39 Å². The van der Waals surface area contributed by atoms with Crippen LogP contribution in [0.15, 0.2) is 18.2 Å². The summed E-state index contributed by atoms with van der Waals surface area (Å²) in [4.78, 5) is 0. The standard InChI is InChI=1S/C13H17ClFN/c1-9(2)16-8-13(6-7-13)10-4-3-5-11(14)12(10)15/h3-5,9,16H,6-8H2,1-2H3. The molecule has 0 spiro atoms. The summed E-state index contributed by atoms with van der Waals surface area (Å²) < 4.78 is 13.9. The first-order valence-electron chi connectivity index (χ1n) is 5.73. The van der Waals surface area contributed by atoms with Crippen LogP contribution in [0.1, 0.15) is 32.3 Å². The van der Waals surface area contributed by atoms with Crippen LogP contribution in [0.25, 0.3) is 0 Å². The molecule has 88 valence electrons. The van der Waals surface area contributed by atoms with E-state index in [1.165, 1.54) is 0 Å². The molecule has 0 aliphatic heterocycles. The molecule has 0 saturated heterocycles. The highest BCUT2D eigenvalue weighted by Gasteiger charge is 2.45. The largest absolute Gasteiger partial charge is 0.314 e. The van der Waals surface area contributed by atoms with Gasteiger partial charge in [-0.3, -0.25) is 0 Å². The van der Waals surface area contributed by atoms with E-state index in [1.54, 1.807) is 6.07 Å². The van der Waals surface area contributed by atoms with Gasteiger partial charge in [0.1, 0.15) is 5.82 Å². The monoisotopic (exact) mass is 241 g/mol. The Bertz CT molecular complexity index is 386. The van der Waals surface area contributed by atoms with Crippen molar-refractivity contribution in [1.29, 1.82) is 0 Å². The predicted molar refractivity (Wildman–Crippen MR) is 65.5 cm³/mol. The van der Waals surface area contributed by atoms with Crippen LogP contribution in [-0.4, -0.2) is 12.6 Å². The van der Waals surface area contributed by atoms with E-state index >= 15 is 0 Å². The van der Waals surface area contributed by atoms with Gasteiger partial charge in [0.15, 0.2) is 0 Å². The smallest absolute Gasteiger partial charge is 0.145 e. The van der Waals surface area contributed by atoms with Crippen molar-refractivity contribution < 1.29 is 4.39 Å². The minimum Gasteiger partial charge on any atom is -0.314 e. The summed E-state index contributed by atoms with van der Waals surface area (Å²) in [5.41, 5.74) is 0.757. The zero-order chi connectivity index (χ0) is 11.8. The van der Waals surface area contributed by atoms with Crippen LogP contribution in [0.2, 0.25) is 5.02 Å². The highest BCUT2D eigenvalue weighted by molar-refractivity contribution is 6.30. The molecule has 1 fully saturated rings. The lowest BCUT2D eigenvalue weighted by atomic mass is 9.95. The van der Waals surface area contributed by atoms with Gasteiger partial charge < -0.3 is 5.32 Å². The molecule has 1 saturated carbocycles. The van der Waals surface area contributed by atoms with E-state index in [1.807, 2.05) is 12.1 Å². The Morgan fingerprint density at radius 3 is 2.69 bits per heavy atom. The number of hydrogen-bond donors (Lipinski definition) is 1. The second kappa shape index (κ2) is 4.34. The van der Waals surface area contributed by atoms with Crippen molar-refractivity contribution in [2.45, 2.75) is 38.1 Å². The molecular formula is C13H17ClFN. The molecule has 1 aromatic rings. The molecule has 3 heteroatoms. The van der Waals surface area contributed by atoms with Crippen molar-refractivity contribution in [3.8, 4) is 0 Å². The van der Waals surface area contributed by atoms with Gasteiger partial charge in [-0.15, -0.1) is 0 Å². The van der Waals surface area contributed by atoms with E-state index in [-0.39, 0.29) is 16.3 Å². The summed E-state index contributed by atoms with van der Waals surface area (Å²) in [5, 5.41) is 3.61. The van der Waals surface area contributed by atoms with E-state index in [4.69, 9.17) is 11.6 Å². The fraction of sp³-hybridized carbons (Fsp3) is 0.538. The maximum Gasteiger partial charge on any atom is 0.145 e. The lowest BCUT2D eigenvalue weighted by Crippen LogP contribution is -2.32. The highest BCUT2D eigenvalue weighted by atomic mass is 35.5. The average Bonchev–Trinajstić information content (AvgIpc) is 3.00. The fourth-order valence-electron chi connectivity index (χ4n) is 2.01. The van der Waals surface area contributed by atoms with Gasteiger partial charge in [0.25, 0.3) is 0 Å². The van der Waals surface area contributed by atoms with Gasteiger partial charge >= 0.3 is 0 Å². The first kappa shape index (κ1) is 11.9. The van der Waals surface area contributed by atoms with Crippen molar-refractivity contribution in [3.63, 3.8) is 0 Å². The van der Waals surface area contributed by atoms with Crippen molar-refractivity contribution in [2.75, 3.05) is 6.54 Å². The molecule has 1 aliphatic rings. The Morgan fingerprint density at radius 2 is 2.12 bits per heavy atom. The molecule has 1 nitrogen and oxygen atoms in total. The van der Waals surface area contributed by atoms with Gasteiger partial charge in [-0.1, -0.05) is 37.6 Å². The first-order valence-corrected chi connectivity index (χ1v) is 6.11. The first-order chi connectivity index (χ1) is 7.55. The van der Waals surface area contributed by atoms with Gasteiger partial charge in [-0.05, 0) is 24.5 Å². The van der Waals surface area contributed by atoms with Gasteiger partial charge in [0.05, 0.1) is 5.02 Å². The third-order valence-corrected chi connectivity index (χ3v) is 3.52. The number of hydrogen-bond acceptors (Lipinski definition) is 1. The normalized spacial score (nSPS) is 17.8. The second-order valence-electron chi connectivity index (χ2n) is 4.92. The summed E-state index contributed by atoms with van der Waals surface area (Å²) in [6, 6.07) is 5.72. The Morgan fingerprint density at radius 1 is 1.44 bits per heavy atom. The van der Waals surface area contributed by atoms with Gasteiger partial charge in [-0.25, -0.2) is 4.39 Å². The van der Waals surface area contributed by atoms with Crippen LogP contribution >= 0.6 is 11.6 Å². The maximum absolute atomic E-state index is 13.9. The number of benzene rings is 1. The Labute approximate surface area is 101 Å². The molecule has 1 aliphatic carbocycles. The van der Waals surface area contributed by atoms with Crippen LogP contribution in [-0.2, 0) is 5.41 Å². The van der Waals surface area contributed by atoms with Crippen LogP contribution in [0, 0.1) is 5.82 Å². The lowest BCUT2D eigenvalue weighted by Gasteiger charge is -2.19. The molecule has 2 rings (SSSR count). The zero-order valence-corrected chi connectivity index (χ0v) is 10.4. The average molecular weight is 242 g/mol. The maximum atomic E-state index is 13.9. The summed E-state index contributed by atoms with van der Waals surface area (Å²) in [7, 11) is 0. The van der Waals surface area contributed by atoms with Gasteiger partial charge in [0, 0.05) is 18.0 Å². The predicted octanol–water partition coefficient (Wildman–Crippen LogP) is 3.51. The molecule has 0 aromatic heterocycles. The number of nitrogens with one attached hydrogen (secondary N) is 1. The highest BCUT2D eigenvalue weighted by Crippen LogP contribution is 2.49. The summed E-state index contributed by atoms with van der Waals surface area (Å²) in [6.07, 6.45) is 2.09. The Balaban J connectivity index is 2.20. The zero-order valence-electron chi connectivity index (χ0n) is 9.69. The Hall–Kier alpha value is -0.600. The van der Waals surface area contributed by atoms with E-state index in [9.17, 15) is 4.39 Å². The van der Waals surface area contributed by atoms with E-state index in [0.29, 0.717) is 6.04 Å². The molecule has 0 radical (unpaired) electrons. The lowest BCUT2D eigenvalue weighted by molar-refractivity contribution is 0.498. The van der Waals surface area contributed by atoms with Crippen molar-refractivity contribution >= 4 is 11.6 Å². The van der Waals surface area contributed by atoms with Crippen molar-refractivity contribution in [3.05, 3.63) is 34.6 Å². The molecule has 0 amide bonds. The van der Waals surface area contributed by atoms with Gasteiger partial charge in [0.2, 0.25) is 0 Å². The molecular weight excluding hydrogens is 225 g/mol. The molecule has 0 bridgehead atoms. The van der Waals surface area contributed by atoms with E-state index in [2.05, 4.69) is 19.2 Å². The SMILES string of the molecule is CC(C)NCC1(c2cccc(Cl)c2F)CC1. The third kappa shape index (κ3) is 2.23. The molecule has 0 atom stereocenters. The topological polar surface area (TPSA) is 12.0 Å². The van der Waals surface area contributed by atoms with Crippen LogP contribution in [0.5, 0.6) is 0 Å². The van der Waals surface area contributed by atoms with E-state index < -0.39 is 0 Å². The molecule has 0 heterocycles. The summed E-state index contributed by atoms with van der Waals surface area (Å²) >= 11 is 5.81. The minimum atomic E-state index is -0.243. The quantitative estimate of drug-likeness (QED) is 0.851. The van der Waals surface area contributed by atoms with Crippen molar-refractivity contribution in [2.24, 2.45) is 0 Å². The molecule has 1 N–H and O–H groups in total. The Kier molecular flexibility index (Phi) is 3.22. The molecule has 1 aromatic carbocycles. The third-order valence-electron chi connectivity index (χ3n) is 3.23.